The van der Waals surface area contributed by atoms with E-state index in [4.69, 9.17) is 4.74 Å². The van der Waals surface area contributed by atoms with Crippen molar-refractivity contribution in [2.45, 2.75) is 31.9 Å². The first-order valence-electron chi connectivity index (χ1n) is 9.20. The van der Waals surface area contributed by atoms with E-state index in [1.807, 2.05) is 0 Å². The SMILES string of the molecule is O=C(Nc1ccccc1C(F)(F)F)C1CCC(C(=O)N2CCOCC2)CC1. The minimum absolute atomic E-state index is 0.0968. The number of hydrogen-bond acceptors (Lipinski definition) is 3. The minimum atomic E-state index is -4.52. The van der Waals surface area contributed by atoms with E-state index in [9.17, 15) is 22.8 Å². The molecule has 5 nitrogen and oxygen atoms in total. The molecule has 3 rings (SSSR count). The monoisotopic (exact) mass is 384 g/mol. The van der Waals surface area contributed by atoms with Crippen molar-refractivity contribution in [2.24, 2.45) is 11.8 Å². The van der Waals surface area contributed by atoms with Crippen LogP contribution in [0.4, 0.5) is 18.9 Å². The van der Waals surface area contributed by atoms with Gasteiger partial charge in [-0.1, -0.05) is 12.1 Å². The van der Waals surface area contributed by atoms with Gasteiger partial charge < -0.3 is 15.0 Å². The summed E-state index contributed by atoms with van der Waals surface area (Å²) in [5, 5.41) is 2.42. The summed E-state index contributed by atoms with van der Waals surface area (Å²) in [6.45, 7) is 2.27. The quantitative estimate of drug-likeness (QED) is 0.870. The standard InChI is InChI=1S/C19H23F3N2O3/c20-19(21,22)15-3-1-2-4-16(15)23-17(25)13-5-7-14(8-6-13)18(26)24-9-11-27-12-10-24/h1-4,13-14H,5-12H2,(H,23,25). The van der Waals surface area contributed by atoms with E-state index in [-0.39, 0.29) is 23.4 Å². The number of carbonyl (C=O) groups excluding carboxylic acids is 2. The van der Waals surface area contributed by atoms with Crippen LogP contribution in [0.1, 0.15) is 31.2 Å². The molecule has 0 aromatic heterocycles. The molecule has 27 heavy (non-hydrogen) atoms. The van der Waals surface area contributed by atoms with E-state index in [1.165, 1.54) is 18.2 Å². The lowest BCUT2D eigenvalue weighted by molar-refractivity contribution is -0.141. The summed E-state index contributed by atoms with van der Waals surface area (Å²) in [6, 6.07) is 4.96. The lowest BCUT2D eigenvalue weighted by Gasteiger charge is -2.33. The molecule has 2 fully saturated rings. The zero-order valence-corrected chi connectivity index (χ0v) is 14.9. The number of benzene rings is 1. The van der Waals surface area contributed by atoms with Crippen LogP contribution in [0.15, 0.2) is 24.3 Å². The summed E-state index contributed by atoms with van der Waals surface area (Å²) in [5.41, 5.74) is -1.07. The maximum absolute atomic E-state index is 13.1. The van der Waals surface area contributed by atoms with E-state index < -0.39 is 17.6 Å². The van der Waals surface area contributed by atoms with Gasteiger partial charge in [-0.3, -0.25) is 9.59 Å². The molecule has 0 unspecified atom stereocenters. The summed E-state index contributed by atoms with van der Waals surface area (Å²) in [7, 11) is 0. The van der Waals surface area contributed by atoms with Crippen molar-refractivity contribution in [1.29, 1.82) is 0 Å². The molecule has 1 saturated heterocycles. The highest BCUT2D eigenvalue weighted by atomic mass is 19.4. The Hall–Kier alpha value is -2.09. The number of anilines is 1. The van der Waals surface area contributed by atoms with Crippen molar-refractivity contribution in [3.8, 4) is 0 Å². The molecule has 0 spiro atoms. The fourth-order valence-corrected chi connectivity index (χ4v) is 3.72. The lowest BCUT2D eigenvalue weighted by Crippen LogP contribution is -2.44. The first-order chi connectivity index (χ1) is 12.9. The maximum Gasteiger partial charge on any atom is 0.418 e. The number of alkyl halides is 3. The summed E-state index contributed by atoms with van der Waals surface area (Å²) >= 11 is 0. The topological polar surface area (TPSA) is 58.6 Å². The zero-order chi connectivity index (χ0) is 19.4. The van der Waals surface area contributed by atoms with Gasteiger partial charge in [-0.25, -0.2) is 0 Å². The average molecular weight is 384 g/mol. The Morgan fingerprint density at radius 2 is 1.59 bits per heavy atom. The van der Waals surface area contributed by atoms with Gasteiger partial charge in [-0.05, 0) is 37.8 Å². The van der Waals surface area contributed by atoms with Crippen molar-refractivity contribution in [2.75, 3.05) is 31.6 Å². The molecule has 8 heteroatoms. The highest BCUT2D eigenvalue weighted by molar-refractivity contribution is 5.93. The Labute approximate surface area is 155 Å². The summed E-state index contributed by atoms with van der Waals surface area (Å²) in [6.07, 6.45) is -2.36. The van der Waals surface area contributed by atoms with Crippen molar-refractivity contribution < 1.29 is 27.5 Å². The number of rotatable bonds is 3. The number of nitrogens with one attached hydrogen (secondary N) is 1. The Morgan fingerprint density at radius 1 is 1.00 bits per heavy atom. The van der Waals surface area contributed by atoms with E-state index in [2.05, 4.69) is 5.32 Å². The third kappa shape index (κ3) is 4.80. The van der Waals surface area contributed by atoms with Crippen LogP contribution in [-0.4, -0.2) is 43.0 Å². The minimum Gasteiger partial charge on any atom is -0.378 e. The third-order valence-corrected chi connectivity index (χ3v) is 5.26. The molecule has 1 aromatic rings. The first kappa shape index (κ1) is 19.7. The van der Waals surface area contributed by atoms with E-state index >= 15 is 0 Å². The van der Waals surface area contributed by atoms with Crippen LogP contribution in [0.5, 0.6) is 0 Å². The van der Waals surface area contributed by atoms with Crippen LogP contribution in [0.3, 0.4) is 0 Å². The number of para-hydroxylation sites is 1. The lowest BCUT2D eigenvalue weighted by atomic mass is 9.80. The Kier molecular flexibility index (Phi) is 6.04. The molecule has 1 heterocycles. The number of ether oxygens (including phenoxy) is 1. The molecule has 1 N–H and O–H groups in total. The first-order valence-corrected chi connectivity index (χ1v) is 9.20. The zero-order valence-electron chi connectivity index (χ0n) is 14.9. The largest absolute Gasteiger partial charge is 0.418 e. The van der Waals surface area contributed by atoms with Gasteiger partial charge >= 0.3 is 6.18 Å². The fraction of sp³-hybridized carbons (Fsp3) is 0.579. The summed E-state index contributed by atoms with van der Waals surface area (Å²) in [4.78, 5) is 26.8. The highest BCUT2D eigenvalue weighted by Crippen LogP contribution is 2.36. The van der Waals surface area contributed by atoms with Crippen LogP contribution in [0.25, 0.3) is 0 Å². The molecular weight excluding hydrogens is 361 g/mol. The summed E-state index contributed by atoms with van der Waals surface area (Å²) in [5.74, 6) is -0.807. The average Bonchev–Trinajstić information content (AvgIpc) is 2.68. The Bertz CT molecular complexity index is 679. The predicted octanol–water partition coefficient (Wildman–Crippen LogP) is 3.31. The van der Waals surface area contributed by atoms with Crippen LogP contribution < -0.4 is 5.32 Å². The predicted molar refractivity (Wildman–Crippen MR) is 92.9 cm³/mol. The maximum atomic E-state index is 13.1. The molecule has 1 aliphatic carbocycles. The highest BCUT2D eigenvalue weighted by Gasteiger charge is 2.36. The fourth-order valence-electron chi connectivity index (χ4n) is 3.72. The van der Waals surface area contributed by atoms with Gasteiger partial charge in [0.05, 0.1) is 24.5 Å². The number of nitrogens with zero attached hydrogens (tertiary/aromatic N) is 1. The second-order valence-corrected chi connectivity index (χ2v) is 7.02. The van der Waals surface area contributed by atoms with Crippen LogP contribution in [0, 0.1) is 11.8 Å². The molecular formula is C19H23F3N2O3. The molecule has 2 amide bonds. The van der Waals surface area contributed by atoms with Gasteiger partial charge in [0.15, 0.2) is 0 Å². The molecule has 1 saturated carbocycles. The third-order valence-electron chi connectivity index (χ3n) is 5.26. The van der Waals surface area contributed by atoms with Crippen molar-refractivity contribution >= 4 is 17.5 Å². The second kappa shape index (κ2) is 8.29. The Balaban J connectivity index is 1.55. The van der Waals surface area contributed by atoms with Gasteiger partial charge in [0.25, 0.3) is 0 Å². The number of hydrogen-bond donors (Lipinski definition) is 1. The molecule has 0 bridgehead atoms. The molecule has 2 aliphatic rings. The smallest absolute Gasteiger partial charge is 0.378 e. The van der Waals surface area contributed by atoms with Crippen molar-refractivity contribution in [3.63, 3.8) is 0 Å². The molecule has 0 atom stereocenters. The van der Waals surface area contributed by atoms with E-state index in [0.29, 0.717) is 52.0 Å². The van der Waals surface area contributed by atoms with E-state index in [1.54, 1.807) is 4.90 Å². The molecule has 0 radical (unpaired) electrons. The van der Waals surface area contributed by atoms with Crippen LogP contribution >= 0.6 is 0 Å². The number of amides is 2. The Morgan fingerprint density at radius 3 is 2.22 bits per heavy atom. The van der Waals surface area contributed by atoms with Gasteiger partial charge in [-0.15, -0.1) is 0 Å². The summed E-state index contributed by atoms with van der Waals surface area (Å²) < 4.78 is 44.4. The van der Waals surface area contributed by atoms with Crippen LogP contribution in [-0.2, 0) is 20.5 Å². The van der Waals surface area contributed by atoms with E-state index in [0.717, 1.165) is 6.07 Å². The van der Waals surface area contributed by atoms with Gasteiger partial charge in [0.1, 0.15) is 0 Å². The van der Waals surface area contributed by atoms with Gasteiger partial charge in [0.2, 0.25) is 11.8 Å². The molecule has 1 aromatic carbocycles. The second-order valence-electron chi connectivity index (χ2n) is 7.02. The van der Waals surface area contributed by atoms with Crippen molar-refractivity contribution in [3.05, 3.63) is 29.8 Å². The molecule has 1 aliphatic heterocycles. The van der Waals surface area contributed by atoms with Gasteiger partial charge in [0, 0.05) is 24.9 Å². The normalized spacial score (nSPS) is 23.7. The number of carbonyl (C=O) groups is 2. The van der Waals surface area contributed by atoms with Crippen LogP contribution in [0.2, 0.25) is 0 Å². The number of morpholine rings is 1. The number of halogens is 3. The molecule has 148 valence electrons. The van der Waals surface area contributed by atoms with Gasteiger partial charge in [-0.2, -0.15) is 13.2 Å². The van der Waals surface area contributed by atoms with Crippen molar-refractivity contribution in [1.82, 2.24) is 4.90 Å².